The zero-order chi connectivity index (χ0) is 18.3. The number of benzene rings is 1. The molecule has 5 rings (SSSR count). The molecule has 1 aromatic carbocycles. The fraction of sp³-hybridized carbons (Fsp3) is 0.636. The number of rotatable bonds is 6. The summed E-state index contributed by atoms with van der Waals surface area (Å²) >= 11 is 0. The third-order valence-electron chi connectivity index (χ3n) is 7.13. The molecular weight excluding hydrogens is 324 g/mol. The molecule has 0 spiro atoms. The number of Topliss-reactive ketones (excluding diaryl/α,β-unsaturated/α-hetero) is 1. The topological polar surface area (TPSA) is 58.2 Å². The second-order valence-corrected chi connectivity index (χ2v) is 9.06. The maximum Gasteiger partial charge on any atom is 0.239 e. The van der Waals surface area contributed by atoms with Gasteiger partial charge in [0.15, 0.2) is 5.78 Å². The molecule has 1 aromatic rings. The van der Waals surface area contributed by atoms with Gasteiger partial charge in [-0.15, -0.1) is 0 Å². The van der Waals surface area contributed by atoms with Crippen LogP contribution in [0.4, 0.5) is 5.69 Å². The number of hydrogen-bond donors (Lipinski definition) is 2. The smallest absolute Gasteiger partial charge is 0.239 e. The van der Waals surface area contributed by atoms with E-state index in [1.165, 1.54) is 38.5 Å². The highest BCUT2D eigenvalue weighted by Gasteiger charge is 2.53. The Morgan fingerprint density at radius 1 is 1.04 bits per heavy atom. The first-order valence-corrected chi connectivity index (χ1v) is 10.1. The van der Waals surface area contributed by atoms with Crippen molar-refractivity contribution in [3.05, 3.63) is 29.8 Å². The largest absolute Gasteiger partial charge is 0.376 e. The third-order valence-corrected chi connectivity index (χ3v) is 7.13. The first kappa shape index (κ1) is 17.6. The van der Waals surface area contributed by atoms with Crippen LogP contribution in [0.15, 0.2) is 24.3 Å². The van der Waals surface area contributed by atoms with Crippen molar-refractivity contribution in [3.8, 4) is 0 Å². The Kier molecular flexibility index (Phi) is 4.54. The number of amides is 1. The van der Waals surface area contributed by atoms with Crippen LogP contribution in [0.2, 0.25) is 0 Å². The molecule has 4 heteroatoms. The standard InChI is InChI=1S/C22H30N2O2/c1-14(25)19-3-5-20(6-4-19)23-13-21(26)24-15(2)22-10-16-7-17(11-22)9-18(8-16)12-22/h3-6,15-18,23H,7-13H2,1-2H3,(H,24,26)/t15-,16?,17?,18?,22?/m0/s1. The Labute approximate surface area is 156 Å². The van der Waals surface area contributed by atoms with E-state index in [0.29, 0.717) is 11.0 Å². The maximum atomic E-state index is 12.5. The van der Waals surface area contributed by atoms with E-state index < -0.39 is 0 Å². The van der Waals surface area contributed by atoms with Gasteiger partial charge in [0.1, 0.15) is 0 Å². The van der Waals surface area contributed by atoms with Gasteiger partial charge in [-0.05, 0) is 99.8 Å². The van der Waals surface area contributed by atoms with Crippen LogP contribution in [0.3, 0.4) is 0 Å². The van der Waals surface area contributed by atoms with Crippen LogP contribution < -0.4 is 10.6 Å². The predicted octanol–water partition coefficient (Wildman–Crippen LogP) is 4.02. The molecule has 0 saturated heterocycles. The Hall–Kier alpha value is -1.84. The van der Waals surface area contributed by atoms with Gasteiger partial charge in [0, 0.05) is 17.3 Å². The minimum Gasteiger partial charge on any atom is -0.376 e. The van der Waals surface area contributed by atoms with E-state index in [0.717, 1.165) is 23.4 Å². The van der Waals surface area contributed by atoms with Crippen LogP contribution in [-0.4, -0.2) is 24.3 Å². The van der Waals surface area contributed by atoms with Gasteiger partial charge in [-0.2, -0.15) is 0 Å². The zero-order valence-electron chi connectivity index (χ0n) is 15.9. The van der Waals surface area contributed by atoms with Crippen LogP contribution in [0.1, 0.15) is 62.7 Å². The molecule has 1 atom stereocenters. The lowest BCUT2D eigenvalue weighted by atomic mass is 9.48. The van der Waals surface area contributed by atoms with Crippen LogP contribution in [0.5, 0.6) is 0 Å². The molecule has 4 saturated carbocycles. The average Bonchev–Trinajstić information content (AvgIpc) is 2.59. The van der Waals surface area contributed by atoms with Gasteiger partial charge in [0.25, 0.3) is 0 Å². The molecule has 4 aliphatic rings. The first-order valence-electron chi connectivity index (χ1n) is 10.1. The summed E-state index contributed by atoms with van der Waals surface area (Å²) in [6, 6.07) is 7.55. The maximum absolute atomic E-state index is 12.5. The Morgan fingerprint density at radius 3 is 2.08 bits per heavy atom. The molecular formula is C22H30N2O2. The second kappa shape index (κ2) is 6.71. The molecule has 0 unspecified atom stereocenters. The molecule has 4 fully saturated rings. The third kappa shape index (κ3) is 3.38. The Balaban J connectivity index is 1.31. The Morgan fingerprint density at radius 2 is 1.58 bits per heavy atom. The van der Waals surface area contributed by atoms with Crippen molar-refractivity contribution in [1.82, 2.24) is 5.32 Å². The fourth-order valence-electron chi connectivity index (χ4n) is 6.16. The molecule has 0 heterocycles. The van der Waals surface area contributed by atoms with Crippen molar-refractivity contribution in [2.45, 2.75) is 58.4 Å². The minimum absolute atomic E-state index is 0.0543. The number of carbonyl (C=O) groups excluding carboxylic acids is 2. The molecule has 4 bridgehead atoms. The second-order valence-electron chi connectivity index (χ2n) is 9.06. The van der Waals surface area contributed by atoms with Crippen molar-refractivity contribution in [3.63, 3.8) is 0 Å². The van der Waals surface area contributed by atoms with E-state index in [9.17, 15) is 9.59 Å². The van der Waals surface area contributed by atoms with E-state index >= 15 is 0 Å². The quantitative estimate of drug-likeness (QED) is 0.759. The molecule has 1 amide bonds. The summed E-state index contributed by atoms with van der Waals surface area (Å²) in [4.78, 5) is 23.8. The summed E-state index contributed by atoms with van der Waals surface area (Å²) in [5, 5.41) is 6.45. The molecule has 2 N–H and O–H groups in total. The van der Waals surface area contributed by atoms with E-state index in [1.54, 1.807) is 19.1 Å². The van der Waals surface area contributed by atoms with Gasteiger partial charge in [0.05, 0.1) is 6.54 Å². The minimum atomic E-state index is 0.0543. The summed E-state index contributed by atoms with van der Waals surface area (Å²) in [5.74, 6) is 2.82. The van der Waals surface area contributed by atoms with Crippen LogP contribution in [0, 0.1) is 23.2 Å². The normalized spacial score (nSPS) is 32.9. The first-order chi connectivity index (χ1) is 12.4. The zero-order valence-corrected chi connectivity index (χ0v) is 15.9. The Bertz CT molecular complexity index is 659. The summed E-state index contributed by atoms with van der Waals surface area (Å²) in [7, 11) is 0. The molecule has 26 heavy (non-hydrogen) atoms. The van der Waals surface area contributed by atoms with Gasteiger partial charge >= 0.3 is 0 Å². The summed E-state index contributed by atoms with van der Waals surface area (Å²) in [6.07, 6.45) is 8.20. The van der Waals surface area contributed by atoms with E-state index in [4.69, 9.17) is 0 Å². The van der Waals surface area contributed by atoms with Crippen molar-refractivity contribution in [2.24, 2.45) is 23.2 Å². The monoisotopic (exact) mass is 354 g/mol. The number of ketones is 1. The van der Waals surface area contributed by atoms with Gasteiger partial charge in [-0.3, -0.25) is 9.59 Å². The van der Waals surface area contributed by atoms with Crippen LogP contribution >= 0.6 is 0 Å². The molecule has 4 nitrogen and oxygen atoms in total. The fourth-order valence-corrected chi connectivity index (χ4v) is 6.16. The van der Waals surface area contributed by atoms with Crippen molar-refractivity contribution in [2.75, 3.05) is 11.9 Å². The van der Waals surface area contributed by atoms with E-state index in [1.807, 2.05) is 12.1 Å². The predicted molar refractivity (Wildman–Crippen MR) is 103 cm³/mol. The SMILES string of the molecule is CC(=O)c1ccc(NCC(=O)N[C@@H](C)C23CC4CC(CC(C4)C2)C3)cc1. The van der Waals surface area contributed by atoms with Gasteiger partial charge in [0.2, 0.25) is 5.91 Å². The van der Waals surface area contributed by atoms with Gasteiger partial charge in [-0.25, -0.2) is 0 Å². The van der Waals surface area contributed by atoms with Crippen molar-refractivity contribution >= 4 is 17.4 Å². The van der Waals surface area contributed by atoms with E-state index in [2.05, 4.69) is 17.6 Å². The summed E-state index contributed by atoms with van der Waals surface area (Å²) in [5.41, 5.74) is 1.90. The van der Waals surface area contributed by atoms with E-state index in [-0.39, 0.29) is 24.3 Å². The summed E-state index contributed by atoms with van der Waals surface area (Å²) < 4.78 is 0. The average molecular weight is 354 g/mol. The lowest BCUT2D eigenvalue weighted by Gasteiger charge is -2.59. The number of carbonyl (C=O) groups is 2. The molecule has 0 aromatic heterocycles. The highest BCUT2D eigenvalue weighted by Crippen LogP contribution is 2.61. The lowest BCUT2D eigenvalue weighted by molar-refractivity contribution is -0.124. The number of anilines is 1. The molecule has 140 valence electrons. The van der Waals surface area contributed by atoms with Gasteiger partial charge < -0.3 is 10.6 Å². The van der Waals surface area contributed by atoms with Crippen LogP contribution in [-0.2, 0) is 4.79 Å². The lowest BCUT2D eigenvalue weighted by Crippen LogP contribution is -2.56. The molecule has 0 radical (unpaired) electrons. The number of nitrogens with one attached hydrogen (secondary N) is 2. The molecule has 0 aliphatic heterocycles. The van der Waals surface area contributed by atoms with Crippen molar-refractivity contribution in [1.29, 1.82) is 0 Å². The highest BCUT2D eigenvalue weighted by atomic mass is 16.2. The highest BCUT2D eigenvalue weighted by molar-refractivity contribution is 5.94. The molecule has 4 aliphatic carbocycles. The summed E-state index contributed by atoms with van der Waals surface area (Å²) in [6.45, 7) is 4.05. The van der Waals surface area contributed by atoms with Crippen LogP contribution in [0.25, 0.3) is 0 Å². The van der Waals surface area contributed by atoms with Gasteiger partial charge in [-0.1, -0.05) is 0 Å². The van der Waals surface area contributed by atoms with Crippen molar-refractivity contribution < 1.29 is 9.59 Å². The number of hydrogen-bond acceptors (Lipinski definition) is 3.